The van der Waals surface area contributed by atoms with Crippen molar-refractivity contribution < 1.29 is 14.4 Å². The molecule has 1 rings (SSSR count). The van der Waals surface area contributed by atoms with E-state index < -0.39 is 12.1 Å². The molecule has 7 heteroatoms. The van der Waals surface area contributed by atoms with Crippen molar-refractivity contribution in [2.75, 3.05) is 12.4 Å². The van der Waals surface area contributed by atoms with Gasteiger partial charge in [0.2, 0.25) is 5.91 Å². The molecule has 0 aromatic heterocycles. The van der Waals surface area contributed by atoms with Crippen LogP contribution >= 0.6 is 0 Å². The quantitative estimate of drug-likeness (QED) is 0.638. The smallest absolute Gasteiger partial charge is 0.319 e. The minimum Gasteiger partial charge on any atom is -0.355 e. The zero-order chi connectivity index (χ0) is 17.4. The lowest BCUT2D eigenvalue weighted by atomic mass is 10.2. The van der Waals surface area contributed by atoms with Gasteiger partial charge in [-0.1, -0.05) is 13.0 Å². The molecule has 4 amide bonds. The molecule has 0 bridgehead atoms. The Bertz CT molecular complexity index is 574. The van der Waals surface area contributed by atoms with Gasteiger partial charge in [-0.3, -0.25) is 9.59 Å². The Morgan fingerprint density at radius 3 is 2.43 bits per heavy atom. The van der Waals surface area contributed by atoms with Crippen LogP contribution in [-0.2, 0) is 4.79 Å². The Hall–Kier alpha value is -2.57. The fourth-order valence-electron chi connectivity index (χ4n) is 1.78. The topological polar surface area (TPSA) is 99.3 Å². The summed E-state index contributed by atoms with van der Waals surface area (Å²) in [7, 11) is 1.53. The van der Waals surface area contributed by atoms with Crippen LogP contribution in [0.25, 0.3) is 0 Å². The summed E-state index contributed by atoms with van der Waals surface area (Å²) < 4.78 is 0. The fourth-order valence-corrected chi connectivity index (χ4v) is 1.78. The van der Waals surface area contributed by atoms with Crippen LogP contribution in [0.4, 0.5) is 10.5 Å². The molecule has 0 fully saturated rings. The summed E-state index contributed by atoms with van der Waals surface area (Å²) in [6.45, 7) is 5.47. The Labute approximate surface area is 136 Å². The Morgan fingerprint density at radius 2 is 1.83 bits per heavy atom. The molecule has 7 nitrogen and oxygen atoms in total. The first-order chi connectivity index (χ1) is 10.9. The van der Waals surface area contributed by atoms with E-state index in [1.54, 1.807) is 31.2 Å². The minimum atomic E-state index is -0.661. The van der Waals surface area contributed by atoms with Crippen LogP contribution in [0, 0.1) is 0 Å². The van der Waals surface area contributed by atoms with Crippen molar-refractivity contribution in [1.82, 2.24) is 16.0 Å². The Balaban J connectivity index is 2.59. The Kier molecular flexibility index (Phi) is 7.05. The SMILES string of the molecule is CCC(C)NC(=O)C(C)NC(=O)Nc1cccc(C(=O)NC)c1. The number of hydrogen-bond acceptors (Lipinski definition) is 3. The van der Waals surface area contributed by atoms with Crippen LogP contribution in [0.5, 0.6) is 0 Å². The van der Waals surface area contributed by atoms with Gasteiger partial charge in [-0.05, 0) is 38.5 Å². The zero-order valence-electron chi connectivity index (χ0n) is 13.9. The number of benzene rings is 1. The van der Waals surface area contributed by atoms with Gasteiger partial charge in [0.15, 0.2) is 0 Å². The van der Waals surface area contributed by atoms with Crippen molar-refractivity contribution in [3.05, 3.63) is 29.8 Å². The molecule has 2 atom stereocenters. The molecular formula is C16H24N4O3. The van der Waals surface area contributed by atoms with E-state index in [0.717, 1.165) is 6.42 Å². The molecule has 0 saturated heterocycles. The number of amides is 4. The van der Waals surface area contributed by atoms with Gasteiger partial charge in [-0.25, -0.2) is 4.79 Å². The first-order valence-electron chi connectivity index (χ1n) is 7.57. The second-order valence-electron chi connectivity index (χ2n) is 5.30. The van der Waals surface area contributed by atoms with Crippen molar-refractivity contribution in [2.24, 2.45) is 0 Å². The summed E-state index contributed by atoms with van der Waals surface area (Å²) in [5.41, 5.74) is 0.908. The maximum absolute atomic E-state index is 11.9. The molecule has 0 aliphatic rings. The number of rotatable bonds is 6. The summed E-state index contributed by atoms with van der Waals surface area (Å²) in [6.07, 6.45) is 0.816. The van der Waals surface area contributed by atoms with Gasteiger partial charge in [0.25, 0.3) is 5.91 Å². The highest BCUT2D eigenvalue weighted by molar-refractivity contribution is 5.97. The summed E-state index contributed by atoms with van der Waals surface area (Å²) in [4.78, 5) is 35.4. The highest BCUT2D eigenvalue weighted by Gasteiger charge is 2.17. The number of nitrogens with one attached hydrogen (secondary N) is 4. The monoisotopic (exact) mass is 320 g/mol. The average Bonchev–Trinajstić information content (AvgIpc) is 2.53. The molecule has 1 aromatic rings. The minimum absolute atomic E-state index is 0.0547. The molecule has 0 spiro atoms. The molecule has 23 heavy (non-hydrogen) atoms. The molecule has 0 saturated carbocycles. The first-order valence-corrected chi connectivity index (χ1v) is 7.57. The lowest BCUT2D eigenvalue weighted by Gasteiger charge is -2.17. The molecule has 1 aromatic carbocycles. The van der Waals surface area contributed by atoms with Crippen LogP contribution in [0.2, 0.25) is 0 Å². The third-order valence-electron chi connectivity index (χ3n) is 3.35. The van der Waals surface area contributed by atoms with E-state index in [-0.39, 0.29) is 17.9 Å². The lowest BCUT2D eigenvalue weighted by Crippen LogP contribution is -2.48. The van der Waals surface area contributed by atoms with E-state index >= 15 is 0 Å². The largest absolute Gasteiger partial charge is 0.355 e. The van der Waals surface area contributed by atoms with Crippen LogP contribution in [-0.4, -0.2) is 37.0 Å². The molecule has 4 N–H and O–H groups in total. The third kappa shape index (κ3) is 5.98. The number of carbonyl (C=O) groups excluding carboxylic acids is 3. The number of hydrogen-bond donors (Lipinski definition) is 4. The molecule has 0 aliphatic heterocycles. The zero-order valence-corrected chi connectivity index (χ0v) is 13.9. The van der Waals surface area contributed by atoms with Gasteiger partial charge >= 0.3 is 6.03 Å². The summed E-state index contributed by atoms with van der Waals surface area (Å²) in [5, 5.41) is 10.5. The number of urea groups is 1. The van der Waals surface area contributed by atoms with Gasteiger partial charge in [0.05, 0.1) is 0 Å². The molecular weight excluding hydrogens is 296 g/mol. The van der Waals surface area contributed by atoms with Crippen molar-refractivity contribution in [3.8, 4) is 0 Å². The first kappa shape index (κ1) is 18.5. The van der Waals surface area contributed by atoms with Crippen molar-refractivity contribution in [3.63, 3.8) is 0 Å². The van der Waals surface area contributed by atoms with E-state index in [9.17, 15) is 14.4 Å². The highest BCUT2D eigenvalue weighted by Crippen LogP contribution is 2.10. The highest BCUT2D eigenvalue weighted by atomic mass is 16.2. The summed E-state index contributed by atoms with van der Waals surface area (Å²) >= 11 is 0. The normalized spacial score (nSPS) is 12.7. The van der Waals surface area contributed by atoms with Gasteiger partial charge in [0, 0.05) is 24.3 Å². The number of carbonyl (C=O) groups is 3. The van der Waals surface area contributed by atoms with E-state index in [4.69, 9.17) is 0 Å². The fraction of sp³-hybridized carbons (Fsp3) is 0.438. The second-order valence-corrected chi connectivity index (χ2v) is 5.30. The van der Waals surface area contributed by atoms with Crippen molar-refractivity contribution in [1.29, 1.82) is 0 Å². The summed E-state index contributed by atoms with van der Waals surface area (Å²) in [5.74, 6) is -0.482. The van der Waals surface area contributed by atoms with Crippen molar-refractivity contribution >= 4 is 23.5 Å². The van der Waals surface area contributed by atoms with Crippen LogP contribution in [0.1, 0.15) is 37.6 Å². The van der Waals surface area contributed by atoms with Gasteiger partial charge in [-0.2, -0.15) is 0 Å². The average molecular weight is 320 g/mol. The van der Waals surface area contributed by atoms with Gasteiger partial charge < -0.3 is 21.3 Å². The maximum atomic E-state index is 11.9. The summed E-state index contributed by atoms with van der Waals surface area (Å²) in [6, 6.07) is 5.41. The van der Waals surface area contributed by atoms with Gasteiger partial charge in [0.1, 0.15) is 6.04 Å². The molecule has 0 heterocycles. The third-order valence-corrected chi connectivity index (χ3v) is 3.35. The van der Waals surface area contributed by atoms with Crippen LogP contribution in [0.3, 0.4) is 0 Å². The maximum Gasteiger partial charge on any atom is 0.319 e. The molecule has 0 radical (unpaired) electrons. The molecule has 126 valence electrons. The van der Waals surface area contributed by atoms with E-state index in [1.807, 2.05) is 13.8 Å². The van der Waals surface area contributed by atoms with E-state index in [1.165, 1.54) is 7.05 Å². The second kappa shape index (κ2) is 8.77. The lowest BCUT2D eigenvalue weighted by molar-refractivity contribution is -0.123. The Morgan fingerprint density at radius 1 is 1.13 bits per heavy atom. The molecule has 2 unspecified atom stereocenters. The number of anilines is 1. The standard InChI is InChI=1S/C16H24N4O3/c1-5-10(2)18-14(21)11(3)19-16(23)20-13-8-6-7-12(9-13)15(22)17-4/h6-11H,5H2,1-4H3,(H,17,22)(H,18,21)(H2,19,20,23). The van der Waals surface area contributed by atoms with Crippen molar-refractivity contribution in [2.45, 2.75) is 39.3 Å². The van der Waals surface area contributed by atoms with E-state index in [0.29, 0.717) is 11.3 Å². The van der Waals surface area contributed by atoms with E-state index in [2.05, 4.69) is 21.3 Å². The van der Waals surface area contributed by atoms with Crippen LogP contribution < -0.4 is 21.3 Å². The molecule has 0 aliphatic carbocycles. The predicted molar refractivity (Wildman–Crippen MR) is 89.3 cm³/mol. The van der Waals surface area contributed by atoms with Gasteiger partial charge in [-0.15, -0.1) is 0 Å². The van der Waals surface area contributed by atoms with Crippen LogP contribution in [0.15, 0.2) is 24.3 Å². The predicted octanol–water partition coefficient (Wildman–Crippen LogP) is 1.47.